The minimum atomic E-state index is -0.659. The highest BCUT2D eigenvalue weighted by atomic mass is 19.1. The first-order valence-electron chi connectivity index (χ1n) is 6.26. The molecule has 0 spiro atoms. The van der Waals surface area contributed by atoms with Crippen molar-refractivity contribution in [3.63, 3.8) is 0 Å². The van der Waals surface area contributed by atoms with Gasteiger partial charge < -0.3 is 9.84 Å². The molecule has 1 aromatic heterocycles. The average molecular weight is 254 g/mol. The van der Waals surface area contributed by atoms with Crippen molar-refractivity contribution in [1.82, 2.24) is 9.88 Å². The fraction of sp³-hybridized carbons (Fsp3) is 0.615. The zero-order valence-corrected chi connectivity index (χ0v) is 10.6. The predicted octanol–water partition coefficient (Wildman–Crippen LogP) is 1.22. The molecule has 1 aliphatic rings. The summed E-state index contributed by atoms with van der Waals surface area (Å²) in [6.45, 7) is 6.06. The molecular weight excluding hydrogens is 235 g/mol. The van der Waals surface area contributed by atoms with E-state index in [1.165, 1.54) is 12.1 Å². The van der Waals surface area contributed by atoms with E-state index >= 15 is 0 Å². The Labute approximate surface area is 106 Å². The van der Waals surface area contributed by atoms with Crippen LogP contribution < -0.4 is 0 Å². The van der Waals surface area contributed by atoms with Crippen LogP contribution in [0.25, 0.3) is 0 Å². The van der Waals surface area contributed by atoms with Crippen molar-refractivity contribution in [2.75, 3.05) is 32.8 Å². The van der Waals surface area contributed by atoms with Gasteiger partial charge in [0.1, 0.15) is 5.82 Å². The van der Waals surface area contributed by atoms with Crippen molar-refractivity contribution in [3.8, 4) is 0 Å². The van der Waals surface area contributed by atoms with E-state index < -0.39 is 6.10 Å². The number of aliphatic hydroxyl groups excluding tert-OH is 1. The van der Waals surface area contributed by atoms with Crippen LogP contribution in [0.5, 0.6) is 0 Å². The molecule has 18 heavy (non-hydrogen) atoms. The first-order chi connectivity index (χ1) is 8.66. The monoisotopic (exact) mass is 254 g/mol. The molecule has 0 aromatic carbocycles. The van der Waals surface area contributed by atoms with Crippen molar-refractivity contribution >= 4 is 0 Å². The maximum absolute atomic E-state index is 12.8. The predicted molar refractivity (Wildman–Crippen MR) is 65.6 cm³/mol. The Kier molecular flexibility index (Phi) is 4.63. The van der Waals surface area contributed by atoms with Crippen molar-refractivity contribution in [2.24, 2.45) is 5.92 Å². The topological polar surface area (TPSA) is 45.6 Å². The Balaban J connectivity index is 1.91. The van der Waals surface area contributed by atoms with E-state index in [1.807, 2.05) is 6.92 Å². The van der Waals surface area contributed by atoms with Gasteiger partial charge in [0.15, 0.2) is 0 Å². The number of pyridine rings is 1. The van der Waals surface area contributed by atoms with Gasteiger partial charge in [0.2, 0.25) is 0 Å². The number of nitrogens with zero attached hydrogens (tertiary/aromatic N) is 2. The second kappa shape index (κ2) is 6.22. The second-order valence-corrected chi connectivity index (χ2v) is 4.74. The highest BCUT2D eigenvalue weighted by Crippen LogP contribution is 2.21. The summed E-state index contributed by atoms with van der Waals surface area (Å²) >= 11 is 0. The average Bonchev–Trinajstić information content (AvgIpc) is 2.40. The second-order valence-electron chi connectivity index (χ2n) is 4.74. The third-order valence-corrected chi connectivity index (χ3v) is 3.24. The number of hydrogen-bond donors (Lipinski definition) is 1. The summed E-state index contributed by atoms with van der Waals surface area (Å²) in [6, 6.07) is 2.86. The first kappa shape index (κ1) is 13.4. The summed E-state index contributed by atoms with van der Waals surface area (Å²) in [6.07, 6.45) is 0.480. The van der Waals surface area contributed by atoms with Crippen molar-refractivity contribution in [2.45, 2.75) is 13.0 Å². The third-order valence-electron chi connectivity index (χ3n) is 3.24. The SMILES string of the molecule is CC(CN1CCOCC1)C(O)c1ccc(F)cn1. The Morgan fingerprint density at radius 2 is 2.17 bits per heavy atom. The lowest BCUT2D eigenvalue weighted by Crippen LogP contribution is -2.40. The molecule has 2 atom stereocenters. The molecule has 1 fully saturated rings. The number of rotatable bonds is 4. The zero-order valence-electron chi connectivity index (χ0n) is 10.6. The van der Waals surface area contributed by atoms with Gasteiger partial charge in [-0.1, -0.05) is 6.92 Å². The molecule has 1 N–H and O–H groups in total. The molecule has 1 aromatic rings. The Hall–Kier alpha value is -1.04. The molecule has 0 aliphatic carbocycles. The minimum absolute atomic E-state index is 0.0565. The fourth-order valence-electron chi connectivity index (χ4n) is 2.14. The first-order valence-corrected chi connectivity index (χ1v) is 6.26. The molecule has 0 bridgehead atoms. The molecule has 2 heterocycles. The Morgan fingerprint density at radius 3 is 2.78 bits per heavy atom. The number of hydrogen-bond acceptors (Lipinski definition) is 4. The lowest BCUT2D eigenvalue weighted by Gasteiger charge is -2.30. The van der Waals surface area contributed by atoms with Gasteiger partial charge in [0, 0.05) is 25.6 Å². The highest BCUT2D eigenvalue weighted by molar-refractivity contribution is 5.08. The minimum Gasteiger partial charge on any atom is -0.386 e. The quantitative estimate of drug-likeness (QED) is 0.877. The summed E-state index contributed by atoms with van der Waals surface area (Å²) < 4.78 is 18.0. The van der Waals surface area contributed by atoms with Crippen LogP contribution in [0.1, 0.15) is 18.7 Å². The summed E-state index contributed by atoms with van der Waals surface area (Å²) in [4.78, 5) is 6.19. The van der Waals surface area contributed by atoms with Crippen molar-refractivity contribution in [1.29, 1.82) is 0 Å². The number of aromatic nitrogens is 1. The van der Waals surface area contributed by atoms with E-state index in [-0.39, 0.29) is 11.7 Å². The van der Waals surface area contributed by atoms with Crippen LogP contribution in [0.15, 0.2) is 18.3 Å². The van der Waals surface area contributed by atoms with Crippen LogP contribution in [0.2, 0.25) is 0 Å². The number of aliphatic hydroxyl groups is 1. The van der Waals surface area contributed by atoms with Crippen LogP contribution in [-0.4, -0.2) is 47.8 Å². The van der Waals surface area contributed by atoms with Gasteiger partial charge in [-0.25, -0.2) is 4.39 Å². The number of ether oxygens (including phenoxy) is 1. The maximum atomic E-state index is 12.8. The molecule has 100 valence electrons. The molecule has 0 radical (unpaired) electrons. The van der Waals surface area contributed by atoms with Gasteiger partial charge in [0.25, 0.3) is 0 Å². The van der Waals surface area contributed by atoms with E-state index in [1.54, 1.807) is 0 Å². The molecule has 4 nitrogen and oxygen atoms in total. The van der Waals surface area contributed by atoms with E-state index in [2.05, 4.69) is 9.88 Å². The van der Waals surface area contributed by atoms with Gasteiger partial charge in [0.05, 0.1) is 31.2 Å². The van der Waals surface area contributed by atoms with Crippen LogP contribution in [-0.2, 0) is 4.74 Å². The molecule has 0 amide bonds. The van der Waals surface area contributed by atoms with E-state index in [0.717, 1.165) is 39.0 Å². The summed E-state index contributed by atoms with van der Waals surface area (Å²) in [5, 5.41) is 10.2. The maximum Gasteiger partial charge on any atom is 0.141 e. The molecular formula is C13H19FN2O2. The summed E-state index contributed by atoms with van der Waals surface area (Å²) in [5.74, 6) is -0.326. The highest BCUT2D eigenvalue weighted by Gasteiger charge is 2.21. The molecule has 1 saturated heterocycles. The smallest absolute Gasteiger partial charge is 0.141 e. The van der Waals surface area contributed by atoms with Crippen molar-refractivity contribution < 1.29 is 14.2 Å². The summed E-state index contributed by atoms with van der Waals surface area (Å²) in [5.41, 5.74) is 0.525. The van der Waals surface area contributed by atoms with Gasteiger partial charge in [-0.05, 0) is 12.1 Å². The fourth-order valence-corrected chi connectivity index (χ4v) is 2.14. The number of morpholine rings is 1. The lowest BCUT2D eigenvalue weighted by molar-refractivity contribution is 0.0144. The van der Waals surface area contributed by atoms with Crippen molar-refractivity contribution in [3.05, 3.63) is 29.8 Å². The third kappa shape index (κ3) is 3.48. The molecule has 5 heteroatoms. The van der Waals surface area contributed by atoms with Gasteiger partial charge in [-0.3, -0.25) is 9.88 Å². The zero-order chi connectivity index (χ0) is 13.0. The Bertz CT molecular complexity index is 366. The molecule has 2 rings (SSSR count). The van der Waals surface area contributed by atoms with Crippen LogP contribution in [0, 0.1) is 11.7 Å². The lowest BCUT2D eigenvalue weighted by atomic mass is 10.0. The molecule has 0 saturated carbocycles. The number of halogens is 1. The summed E-state index contributed by atoms with van der Waals surface area (Å²) in [7, 11) is 0. The van der Waals surface area contributed by atoms with E-state index in [0.29, 0.717) is 5.69 Å². The molecule has 1 aliphatic heterocycles. The van der Waals surface area contributed by atoms with Crippen LogP contribution in [0.4, 0.5) is 4.39 Å². The normalized spacial score (nSPS) is 20.6. The standard InChI is InChI=1S/C13H19FN2O2/c1-10(9-16-4-6-18-7-5-16)13(17)12-3-2-11(14)8-15-12/h2-3,8,10,13,17H,4-7,9H2,1H3. The Morgan fingerprint density at radius 1 is 1.44 bits per heavy atom. The molecule has 2 unspecified atom stereocenters. The van der Waals surface area contributed by atoms with Crippen LogP contribution >= 0.6 is 0 Å². The van der Waals surface area contributed by atoms with Gasteiger partial charge in [-0.15, -0.1) is 0 Å². The largest absolute Gasteiger partial charge is 0.386 e. The van der Waals surface area contributed by atoms with Gasteiger partial charge >= 0.3 is 0 Å². The van der Waals surface area contributed by atoms with E-state index in [4.69, 9.17) is 4.74 Å². The van der Waals surface area contributed by atoms with Crippen LogP contribution in [0.3, 0.4) is 0 Å². The van der Waals surface area contributed by atoms with E-state index in [9.17, 15) is 9.50 Å². The van der Waals surface area contributed by atoms with Gasteiger partial charge in [-0.2, -0.15) is 0 Å².